The Morgan fingerprint density at radius 2 is 1.80 bits per heavy atom. The van der Waals surface area contributed by atoms with Crippen molar-refractivity contribution in [1.29, 1.82) is 0 Å². The number of carbonyl (C=O) groups is 2. The maximum atomic E-state index is 12.6. The molecule has 1 atom stereocenters. The third-order valence-electron chi connectivity index (χ3n) is 5.34. The van der Waals surface area contributed by atoms with Crippen LogP contribution in [0.4, 0.5) is 0 Å². The zero-order valence-corrected chi connectivity index (χ0v) is 15.1. The van der Waals surface area contributed by atoms with Gasteiger partial charge in [0.05, 0.1) is 5.92 Å². The molecule has 1 N–H and O–H groups in total. The zero-order valence-electron chi connectivity index (χ0n) is 15.1. The number of amides is 2. The molecule has 2 fully saturated rings. The van der Waals surface area contributed by atoms with Crippen molar-refractivity contribution in [1.82, 2.24) is 15.1 Å². The van der Waals surface area contributed by atoms with Crippen LogP contribution in [0.2, 0.25) is 0 Å². The van der Waals surface area contributed by atoms with Crippen molar-refractivity contribution in [3.05, 3.63) is 35.9 Å². The number of nitrogens with one attached hydrogen (secondary N) is 1. The van der Waals surface area contributed by atoms with Gasteiger partial charge in [0.15, 0.2) is 0 Å². The van der Waals surface area contributed by atoms with Crippen LogP contribution in [0.3, 0.4) is 0 Å². The average molecular weight is 343 g/mol. The van der Waals surface area contributed by atoms with Crippen LogP contribution in [-0.2, 0) is 9.59 Å². The van der Waals surface area contributed by atoms with Crippen LogP contribution >= 0.6 is 0 Å². The van der Waals surface area contributed by atoms with Gasteiger partial charge in [-0.2, -0.15) is 0 Å². The molecule has 5 heteroatoms. The van der Waals surface area contributed by atoms with Gasteiger partial charge in [-0.25, -0.2) is 0 Å². The van der Waals surface area contributed by atoms with Gasteiger partial charge in [0.25, 0.3) is 0 Å². The van der Waals surface area contributed by atoms with Crippen LogP contribution in [0.15, 0.2) is 30.3 Å². The Morgan fingerprint density at radius 1 is 1.12 bits per heavy atom. The van der Waals surface area contributed by atoms with Crippen molar-refractivity contribution < 1.29 is 9.59 Å². The molecule has 3 rings (SSSR count). The highest BCUT2D eigenvalue weighted by Crippen LogP contribution is 2.42. The summed E-state index contributed by atoms with van der Waals surface area (Å²) in [5, 5.41) is 3.00. The van der Waals surface area contributed by atoms with E-state index in [0.717, 1.165) is 51.1 Å². The third kappa shape index (κ3) is 4.82. The average Bonchev–Trinajstić information content (AvgIpc) is 3.48. The fraction of sp³-hybridized carbons (Fsp3) is 0.600. The van der Waals surface area contributed by atoms with Gasteiger partial charge in [0.2, 0.25) is 11.8 Å². The van der Waals surface area contributed by atoms with Gasteiger partial charge in [-0.3, -0.25) is 9.59 Å². The molecule has 1 unspecified atom stereocenters. The standard InChI is InChI=1S/C20H29N3O2/c1-2-22-12-14-23(15-13-22)18(24)10-11-21-20(25)19(17-8-9-17)16-6-4-3-5-7-16/h3-7,17,19H,2,8-15H2,1H3,(H,21,25). The van der Waals surface area contributed by atoms with Crippen molar-refractivity contribution in [2.45, 2.75) is 32.1 Å². The lowest BCUT2D eigenvalue weighted by atomic mass is 9.93. The summed E-state index contributed by atoms with van der Waals surface area (Å²) in [4.78, 5) is 29.2. The number of benzene rings is 1. The molecule has 0 bridgehead atoms. The van der Waals surface area contributed by atoms with Crippen molar-refractivity contribution in [3.63, 3.8) is 0 Å². The van der Waals surface area contributed by atoms with E-state index >= 15 is 0 Å². The van der Waals surface area contributed by atoms with Gasteiger partial charge in [-0.15, -0.1) is 0 Å². The predicted octanol–water partition coefficient (Wildman–Crippen LogP) is 1.85. The van der Waals surface area contributed by atoms with Crippen LogP contribution < -0.4 is 5.32 Å². The Kier molecular flexibility index (Phi) is 6.08. The third-order valence-corrected chi connectivity index (χ3v) is 5.34. The van der Waals surface area contributed by atoms with E-state index in [0.29, 0.717) is 18.9 Å². The first-order valence-electron chi connectivity index (χ1n) is 9.52. The molecule has 1 saturated heterocycles. The first kappa shape index (κ1) is 17.9. The molecule has 1 aliphatic carbocycles. The first-order valence-corrected chi connectivity index (χ1v) is 9.52. The normalized spacial score (nSPS) is 19.5. The number of carbonyl (C=O) groups excluding carboxylic acids is 2. The SMILES string of the molecule is CCN1CCN(C(=O)CCNC(=O)C(c2ccccc2)C2CC2)CC1. The molecule has 0 spiro atoms. The number of hydrogen-bond acceptors (Lipinski definition) is 3. The quantitative estimate of drug-likeness (QED) is 0.822. The van der Waals surface area contributed by atoms with Crippen molar-refractivity contribution in [3.8, 4) is 0 Å². The number of piperazine rings is 1. The molecule has 1 heterocycles. The maximum Gasteiger partial charge on any atom is 0.227 e. The Labute approximate surface area is 150 Å². The zero-order chi connectivity index (χ0) is 17.6. The second-order valence-electron chi connectivity index (χ2n) is 7.08. The van der Waals surface area contributed by atoms with Crippen LogP contribution in [0, 0.1) is 5.92 Å². The van der Waals surface area contributed by atoms with E-state index < -0.39 is 0 Å². The van der Waals surface area contributed by atoms with Gasteiger partial charge in [-0.1, -0.05) is 37.3 Å². The van der Waals surface area contributed by atoms with Gasteiger partial charge in [0.1, 0.15) is 0 Å². The summed E-state index contributed by atoms with van der Waals surface area (Å²) in [5.41, 5.74) is 1.09. The lowest BCUT2D eigenvalue weighted by molar-refractivity contribution is -0.133. The molecule has 1 aliphatic heterocycles. The van der Waals surface area contributed by atoms with Crippen molar-refractivity contribution in [2.24, 2.45) is 5.92 Å². The molecule has 0 aromatic heterocycles. The van der Waals surface area contributed by atoms with Crippen molar-refractivity contribution >= 4 is 11.8 Å². The minimum absolute atomic E-state index is 0.0654. The summed E-state index contributed by atoms with van der Waals surface area (Å²) in [5.74, 6) is 0.612. The smallest absolute Gasteiger partial charge is 0.227 e. The fourth-order valence-corrected chi connectivity index (χ4v) is 3.60. The fourth-order valence-electron chi connectivity index (χ4n) is 3.60. The number of likely N-dealkylation sites (N-methyl/N-ethyl adjacent to an activating group) is 1. The molecule has 5 nitrogen and oxygen atoms in total. The second kappa shape index (κ2) is 8.48. The van der Waals surface area contributed by atoms with Crippen LogP contribution in [0.1, 0.15) is 37.7 Å². The Bertz CT molecular complexity index is 578. The summed E-state index contributed by atoms with van der Waals surface area (Å²) in [6.07, 6.45) is 2.63. The molecule has 2 amide bonds. The number of nitrogens with zero attached hydrogens (tertiary/aromatic N) is 2. The lowest BCUT2D eigenvalue weighted by Gasteiger charge is -2.34. The van der Waals surface area contributed by atoms with Gasteiger partial charge in [-0.05, 0) is 30.9 Å². The predicted molar refractivity (Wildman–Crippen MR) is 98.2 cm³/mol. The summed E-state index contributed by atoms with van der Waals surface area (Å²) >= 11 is 0. The number of hydrogen-bond donors (Lipinski definition) is 1. The molecule has 1 saturated carbocycles. The highest BCUT2D eigenvalue weighted by molar-refractivity contribution is 5.85. The molecule has 0 radical (unpaired) electrons. The van der Waals surface area contributed by atoms with E-state index in [1.165, 1.54) is 0 Å². The highest BCUT2D eigenvalue weighted by atomic mass is 16.2. The summed E-state index contributed by atoms with van der Waals surface area (Å²) in [7, 11) is 0. The minimum atomic E-state index is -0.0654. The Balaban J connectivity index is 1.45. The van der Waals surface area contributed by atoms with E-state index in [9.17, 15) is 9.59 Å². The molecule has 25 heavy (non-hydrogen) atoms. The molecule has 1 aromatic carbocycles. The summed E-state index contributed by atoms with van der Waals surface area (Å²) < 4.78 is 0. The minimum Gasteiger partial charge on any atom is -0.355 e. The van der Waals surface area contributed by atoms with Gasteiger partial charge < -0.3 is 15.1 Å². The first-order chi connectivity index (χ1) is 12.2. The summed E-state index contributed by atoms with van der Waals surface area (Å²) in [6, 6.07) is 10.00. The summed E-state index contributed by atoms with van der Waals surface area (Å²) in [6.45, 7) is 7.13. The monoisotopic (exact) mass is 343 g/mol. The molecular weight excluding hydrogens is 314 g/mol. The van der Waals surface area contributed by atoms with Gasteiger partial charge >= 0.3 is 0 Å². The van der Waals surface area contributed by atoms with E-state index in [4.69, 9.17) is 0 Å². The lowest BCUT2D eigenvalue weighted by Crippen LogP contribution is -2.49. The van der Waals surface area contributed by atoms with Crippen LogP contribution in [0.5, 0.6) is 0 Å². The topological polar surface area (TPSA) is 52.6 Å². The van der Waals surface area contributed by atoms with E-state index in [1.807, 2.05) is 35.2 Å². The van der Waals surface area contributed by atoms with E-state index in [2.05, 4.69) is 17.1 Å². The van der Waals surface area contributed by atoms with E-state index in [1.54, 1.807) is 0 Å². The Hall–Kier alpha value is -1.88. The molecule has 1 aromatic rings. The highest BCUT2D eigenvalue weighted by Gasteiger charge is 2.37. The molecule has 2 aliphatic rings. The van der Waals surface area contributed by atoms with Crippen LogP contribution in [-0.4, -0.2) is 60.9 Å². The van der Waals surface area contributed by atoms with Gasteiger partial charge in [0, 0.05) is 39.1 Å². The maximum absolute atomic E-state index is 12.6. The van der Waals surface area contributed by atoms with Crippen LogP contribution in [0.25, 0.3) is 0 Å². The second-order valence-corrected chi connectivity index (χ2v) is 7.08. The van der Waals surface area contributed by atoms with Crippen molar-refractivity contribution in [2.75, 3.05) is 39.3 Å². The molecule has 136 valence electrons. The largest absolute Gasteiger partial charge is 0.355 e. The Morgan fingerprint density at radius 3 is 2.40 bits per heavy atom. The number of rotatable bonds is 7. The molecular formula is C20H29N3O2. The van der Waals surface area contributed by atoms with E-state index in [-0.39, 0.29) is 17.7 Å².